The van der Waals surface area contributed by atoms with E-state index in [4.69, 9.17) is 0 Å². The molecule has 1 atom stereocenters. The highest BCUT2D eigenvalue weighted by Crippen LogP contribution is 2.20. The smallest absolute Gasteiger partial charge is 0.128 e. The Bertz CT molecular complexity index is 411. The zero-order valence-electron chi connectivity index (χ0n) is 12.5. The Morgan fingerprint density at radius 1 is 1.15 bits per heavy atom. The highest BCUT2D eigenvalue weighted by molar-refractivity contribution is 5.49. The Kier molecular flexibility index (Phi) is 4.41. The predicted molar refractivity (Wildman–Crippen MR) is 84.4 cm³/mol. The molecule has 0 saturated carbocycles. The minimum atomic E-state index is 0.669. The van der Waals surface area contributed by atoms with Crippen molar-refractivity contribution in [2.75, 3.05) is 43.4 Å². The molecule has 0 radical (unpaired) electrons. The lowest BCUT2D eigenvalue weighted by molar-refractivity contribution is 0.194. The fourth-order valence-corrected chi connectivity index (χ4v) is 3.26. The maximum atomic E-state index is 4.59. The van der Waals surface area contributed by atoms with Crippen molar-refractivity contribution in [3.05, 3.63) is 18.3 Å². The third-order valence-electron chi connectivity index (χ3n) is 4.64. The molecule has 4 heteroatoms. The van der Waals surface area contributed by atoms with Crippen LogP contribution in [0.3, 0.4) is 0 Å². The standard InChI is InChI=1S/C16H26N4/c1-19-9-3-2-6-15(19)13-17-14-7-8-16(18-12-14)20-10-4-5-11-20/h7-8,12,15,17H,2-6,9-11,13H2,1H3. The van der Waals surface area contributed by atoms with Gasteiger partial charge in [-0.2, -0.15) is 0 Å². The van der Waals surface area contributed by atoms with E-state index in [1.807, 2.05) is 6.20 Å². The number of rotatable bonds is 4. The summed E-state index contributed by atoms with van der Waals surface area (Å²) in [6.07, 6.45) is 8.60. The van der Waals surface area contributed by atoms with Crippen LogP contribution in [0.4, 0.5) is 11.5 Å². The molecule has 0 bridgehead atoms. The van der Waals surface area contributed by atoms with Crippen molar-refractivity contribution in [2.24, 2.45) is 0 Å². The van der Waals surface area contributed by atoms with Gasteiger partial charge in [-0.15, -0.1) is 0 Å². The number of likely N-dealkylation sites (N-methyl/N-ethyl adjacent to an activating group) is 1. The fourth-order valence-electron chi connectivity index (χ4n) is 3.26. The molecule has 1 aromatic heterocycles. The SMILES string of the molecule is CN1CCCCC1CNc1ccc(N2CCCC2)nc1. The molecule has 2 saturated heterocycles. The van der Waals surface area contributed by atoms with Crippen LogP contribution < -0.4 is 10.2 Å². The van der Waals surface area contributed by atoms with Gasteiger partial charge in [0, 0.05) is 25.7 Å². The second-order valence-corrected chi connectivity index (χ2v) is 6.11. The van der Waals surface area contributed by atoms with Crippen LogP contribution in [0.1, 0.15) is 32.1 Å². The summed E-state index contributed by atoms with van der Waals surface area (Å²) in [6, 6.07) is 4.99. The number of nitrogens with one attached hydrogen (secondary N) is 1. The lowest BCUT2D eigenvalue weighted by Gasteiger charge is -2.32. The Hall–Kier alpha value is -1.29. The lowest BCUT2D eigenvalue weighted by Crippen LogP contribution is -2.40. The van der Waals surface area contributed by atoms with Gasteiger partial charge in [-0.3, -0.25) is 0 Å². The van der Waals surface area contributed by atoms with Crippen molar-refractivity contribution in [3.63, 3.8) is 0 Å². The van der Waals surface area contributed by atoms with Crippen LogP contribution in [0.25, 0.3) is 0 Å². The molecule has 0 amide bonds. The largest absolute Gasteiger partial charge is 0.382 e. The number of nitrogens with zero attached hydrogens (tertiary/aromatic N) is 3. The summed E-state index contributed by atoms with van der Waals surface area (Å²) in [7, 11) is 2.24. The summed E-state index contributed by atoms with van der Waals surface area (Å²) in [5.41, 5.74) is 1.15. The minimum Gasteiger partial charge on any atom is -0.382 e. The van der Waals surface area contributed by atoms with Gasteiger partial charge in [-0.25, -0.2) is 4.98 Å². The molecule has 1 unspecified atom stereocenters. The van der Waals surface area contributed by atoms with Gasteiger partial charge >= 0.3 is 0 Å². The fraction of sp³-hybridized carbons (Fsp3) is 0.688. The third kappa shape index (κ3) is 3.23. The second kappa shape index (κ2) is 6.44. The molecule has 110 valence electrons. The monoisotopic (exact) mass is 274 g/mol. The van der Waals surface area contributed by atoms with Crippen molar-refractivity contribution < 1.29 is 0 Å². The first-order valence-electron chi connectivity index (χ1n) is 7.98. The number of anilines is 2. The van der Waals surface area contributed by atoms with E-state index in [1.54, 1.807) is 0 Å². The van der Waals surface area contributed by atoms with E-state index in [0.29, 0.717) is 6.04 Å². The molecular weight excluding hydrogens is 248 g/mol. The quantitative estimate of drug-likeness (QED) is 0.914. The van der Waals surface area contributed by atoms with E-state index >= 15 is 0 Å². The number of likely N-dealkylation sites (tertiary alicyclic amines) is 1. The van der Waals surface area contributed by atoms with Gasteiger partial charge in [0.2, 0.25) is 0 Å². The zero-order valence-corrected chi connectivity index (χ0v) is 12.5. The second-order valence-electron chi connectivity index (χ2n) is 6.11. The summed E-state index contributed by atoms with van der Waals surface area (Å²) in [5.74, 6) is 1.13. The third-order valence-corrected chi connectivity index (χ3v) is 4.64. The molecule has 1 N–H and O–H groups in total. The lowest BCUT2D eigenvalue weighted by atomic mass is 10.0. The van der Waals surface area contributed by atoms with E-state index in [1.165, 1.54) is 38.6 Å². The topological polar surface area (TPSA) is 31.4 Å². The molecule has 2 fully saturated rings. The molecule has 20 heavy (non-hydrogen) atoms. The first-order valence-corrected chi connectivity index (χ1v) is 7.98. The van der Waals surface area contributed by atoms with E-state index in [-0.39, 0.29) is 0 Å². The number of hydrogen-bond acceptors (Lipinski definition) is 4. The van der Waals surface area contributed by atoms with E-state index in [0.717, 1.165) is 31.1 Å². The van der Waals surface area contributed by atoms with Crippen LogP contribution >= 0.6 is 0 Å². The predicted octanol–water partition coefficient (Wildman–Crippen LogP) is 2.58. The average Bonchev–Trinajstić information content (AvgIpc) is 3.01. The number of pyridine rings is 1. The summed E-state index contributed by atoms with van der Waals surface area (Å²) in [4.78, 5) is 9.44. The van der Waals surface area contributed by atoms with Crippen molar-refractivity contribution in [1.82, 2.24) is 9.88 Å². The molecule has 0 aliphatic carbocycles. The van der Waals surface area contributed by atoms with Crippen molar-refractivity contribution in [3.8, 4) is 0 Å². The van der Waals surface area contributed by atoms with Gasteiger partial charge in [0.25, 0.3) is 0 Å². The average molecular weight is 274 g/mol. The van der Waals surface area contributed by atoms with Gasteiger partial charge in [0.1, 0.15) is 5.82 Å². The molecule has 3 heterocycles. The number of hydrogen-bond donors (Lipinski definition) is 1. The zero-order chi connectivity index (χ0) is 13.8. The maximum Gasteiger partial charge on any atom is 0.128 e. The number of piperidine rings is 1. The molecule has 2 aliphatic rings. The maximum absolute atomic E-state index is 4.59. The molecule has 2 aliphatic heterocycles. The van der Waals surface area contributed by atoms with Gasteiger partial charge in [-0.1, -0.05) is 6.42 Å². The Balaban J connectivity index is 1.52. The molecule has 1 aromatic rings. The van der Waals surface area contributed by atoms with Gasteiger partial charge in [0.15, 0.2) is 0 Å². The minimum absolute atomic E-state index is 0.669. The van der Waals surface area contributed by atoms with Crippen LogP contribution in [-0.4, -0.2) is 49.2 Å². The first kappa shape index (κ1) is 13.7. The van der Waals surface area contributed by atoms with Gasteiger partial charge in [-0.05, 0) is 51.4 Å². The van der Waals surface area contributed by atoms with Crippen LogP contribution in [0.15, 0.2) is 18.3 Å². The molecule has 0 aromatic carbocycles. The Morgan fingerprint density at radius 2 is 1.95 bits per heavy atom. The Labute approximate surface area is 122 Å². The van der Waals surface area contributed by atoms with Crippen LogP contribution in [-0.2, 0) is 0 Å². The summed E-state index contributed by atoms with van der Waals surface area (Å²) in [5, 5.41) is 3.54. The van der Waals surface area contributed by atoms with Crippen molar-refractivity contribution >= 4 is 11.5 Å². The molecule has 4 nitrogen and oxygen atoms in total. The summed E-state index contributed by atoms with van der Waals surface area (Å²) < 4.78 is 0. The van der Waals surface area contributed by atoms with Crippen LogP contribution in [0.5, 0.6) is 0 Å². The number of aromatic nitrogens is 1. The Morgan fingerprint density at radius 3 is 2.65 bits per heavy atom. The van der Waals surface area contributed by atoms with Gasteiger partial charge < -0.3 is 15.1 Å². The van der Waals surface area contributed by atoms with E-state index < -0.39 is 0 Å². The van der Waals surface area contributed by atoms with E-state index in [9.17, 15) is 0 Å². The van der Waals surface area contributed by atoms with Gasteiger partial charge in [0.05, 0.1) is 11.9 Å². The molecule has 3 rings (SSSR count). The first-order chi connectivity index (χ1) is 9.83. The van der Waals surface area contributed by atoms with Crippen molar-refractivity contribution in [2.45, 2.75) is 38.1 Å². The summed E-state index contributed by atoms with van der Waals surface area (Å²) >= 11 is 0. The highest BCUT2D eigenvalue weighted by Gasteiger charge is 2.18. The van der Waals surface area contributed by atoms with Crippen LogP contribution in [0, 0.1) is 0 Å². The highest BCUT2D eigenvalue weighted by atomic mass is 15.2. The molecular formula is C16H26N4. The van der Waals surface area contributed by atoms with Crippen LogP contribution in [0.2, 0.25) is 0 Å². The van der Waals surface area contributed by atoms with Crippen molar-refractivity contribution in [1.29, 1.82) is 0 Å². The normalized spacial score (nSPS) is 24.1. The molecule has 0 spiro atoms. The van der Waals surface area contributed by atoms with E-state index in [2.05, 4.69) is 39.3 Å². The summed E-state index contributed by atoms with van der Waals surface area (Å²) in [6.45, 7) is 4.58.